The molecule has 3 rings (SSSR count). The molecule has 11 nitrogen and oxygen atoms in total. The number of sulfonamides is 1. The SMILES string of the molecule is CN(CCNS(=O)(=O)c1cc(S(=O)(=O)c2ccccc2)ccc1C(F)(F)F)C(=O)N1CCN(C(=O)OC(C)(C)C)CC1. The van der Waals surface area contributed by atoms with Crippen LogP contribution in [0.25, 0.3) is 0 Å². The van der Waals surface area contributed by atoms with E-state index >= 15 is 0 Å². The molecule has 0 atom stereocenters. The first-order valence-electron chi connectivity index (χ1n) is 12.8. The lowest BCUT2D eigenvalue weighted by atomic mass is 10.2. The van der Waals surface area contributed by atoms with Crippen LogP contribution in [0.4, 0.5) is 22.8 Å². The second-order valence-electron chi connectivity index (χ2n) is 10.5. The molecule has 2 aromatic carbocycles. The van der Waals surface area contributed by atoms with Gasteiger partial charge >= 0.3 is 18.3 Å². The van der Waals surface area contributed by atoms with E-state index in [4.69, 9.17) is 4.74 Å². The van der Waals surface area contributed by atoms with E-state index in [2.05, 4.69) is 0 Å². The van der Waals surface area contributed by atoms with Gasteiger partial charge in [0.25, 0.3) is 0 Å². The smallest absolute Gasteiger partial charge is 0.417 e. The fourth-order valence-corrected chi connectivity index (χ4v) is 6.68. The van der Waals surface area contributed by atoms with Crippen molar-refractivity contribution in [3.63, 3.8) is 0 Å². The Kier molecular flexibility index (Phi) is 9.84. The molecule has 2 aromatic rings. The van der Waals surface area contributed by atoms with Crippen molar-refractivity contribution in [3.05, 3.63) is 54.1 Å². The normalized spacial score (nSPS) is 14.9. The van der Waals surface area contributed by atoms with Gasteiger partial charge in [0, 0.05) is 46.3 Å². The van der Waals surface area contributed by atoms with E-state index in [0.717, 1.165) is 0 Å². The minimum absolute atomic E-state index is 0.200. The summed E-state index contributed by atoms with van der Waals surface area (Å²) in [5.41, 5.74) is -2.20. The number of likely N-dealkylation sites (N-methyl/N-ethyl adjacent to an activating group) is 1. The number of hydrogen-bond acceptors (Lipinski definition) is 7. The van der Waals surface area contributed by atoms with Crippen LogP contribution in [0.2, 0.25) is 0 Å². The monoisotopic (exact) mass is 634 g/mol. The lowest BCUT2D eigenvalue weighted by Gasteiger charge is -2.37. The van der Waals surface area contributed by atoms with Gasteiger partial charge in [-0.1, -0.05) is 18.2 Å². The van der Waals surface area contributed by atoms with Gasteiger partial charge in [0.2, 0.25) is 19.9 Å². The van der Waals surface area contributed by atoms with E-state index < -0.39 is 65.7 Å². The second kappa shape index (κ2) is 12.5. The molecule has 232 valence electrons. The van der Waals surface area contributed by atoms with E-state index in [-0.39, 0.29) is 37.6 Å². The topological polar surface area (TPSA) is 133 Å². The lowest BCUT2D eigenvalue weighted by Crippen LogP contribution is -2.54. The van der Waals surface area contributed by atoms with Gasteiger partial charge in [-0.05, 0) is 51.1 Å². The van der Waals surface area contributed by atoms with Crippen molar-refractivity contribution in [1.29, 1.82) is 0 Å². The summed E-state index contributed by atoms with van der Waals surface area (Å²) in [4.78, 5) is 27.1. The molecule has 0 bridgehead atoms. The molecule has 0 radical (unpaired) electrons. The van der Waals surface area contributed by atoms with Crippen LogP contribution in [0.3, 0.4) is 0 Å². The highest BCUT2D eigenvalue weighted by atomic mass is 32.2. The Morgan fingerprint density at radius 3 is 2.02 bits per heavy atom. The third-order valence-corrected chi connectivity index (χ3v) is 9.45. The van der Waals surface area contributed by atoms with Crippen molar-refractivity contribution in [2.24, 2.45) is 0 Å². The van der Waals surface area contributed by atoms with E-state index in [9.17, 15) is 39.6 Å². The van der Waals surface area contributed by atoms with Gasteiger partial charge in [-0.2, -0.15) is 13.2 Å². The highest BCUT2D eigenvalue weighted by Crippen LogP contribution is 2.36. The Bertz CT molecular complexity index is 1500. The van der Waals surface area contributed by atoms with Gasteiger partial charge in [0.05, 0.1) is 20.2 Å². The van der Waals surface area contributed by atoms with E-state index in [1.807, 2.05) is 4.72 Å². The second-order valence-corrected chi connectivity index (χ2v) is 14.2. The Labute approximate surface area is 243 Å². The van der Waals surface area contributed by atoms with Gasteiger partial charge in [0.1, 0.15) is 5.60 Å². The maximum absolute atomic E-state index is 13.7. The maximum Gasteiger partial charge on any atom is 0.417 e. The molecule has 1 aliphatic rings. The van der Waals surface area contributed by atoms with Crippen molar-refractivity contribution >= 4 is 32.0 Å². The molecule has 16 heteroatoms. The summed E-state index contributed by atoms with van der Waals surface area (Å²) in [6, 6.07) is 8.02. The zero-order valence-electron chi connectivity index (χ0n) is 23.5. The third-order valence-electron chi connectivity index (χ3n) is 6.18. The molecule has 0 unspecified atom stereocenters. The maximum atomic E-state index is 13.7. The molecule has 1 saturated heterocycles. The van der Waals surface area contributed by atoms with E-state index in [0.29, 0.717) is 18.2 Å². The molecule has 0 aliphatic carbocycles. The number of alkyl halides is 3. The number of benzene rings is 2. The highest BCUT2D eigenvalue weighted by molar-refractivity contribution is 7.91. The molecule has 0 saturated carbocycles. The minimum Gasteiger partial charge on any atom is -0.444 e. The summed E-state index contributed by atoms with van der Waals surface area (Å²) in [7, 11) is -7.78. The molecule has 0 spiro atoms. The first-order valence-corrected chi connectivity index (χ1v) is 15.8. The van der Waals surface area contributed by atoms with Crippen LogP contribution in [0.1, 0.15) is 26.3 Å². The molecule has 42 heavy (non-hydrogen) atoms. The number of amides is 3. The summed E-state index contributed by atoms with van der Waals surface area (Å²) in [6.07, 6.45) is -5.59. The fraction of sp³-hybridized carbons (Fsp3) is 0.462. The van der Waals surface area contributed by atoms with Crippen molar-refractivity contribution in [2.45, 2.75) is 47.2 Å². The van der Waals surface area contributed by atoms with Crippen LogP contribution < -0.4 is 4.72 Å². The lowest BCUT2D eigenvalue weighted by molar-refractivity contribution is -0.139. The van der Waals surface area contributed by atoms with Crippen LogP contribution in [0.15, 0.2) is 63.2 Å². The molecular weight excluding hydrogens is 601 g/mol. The van der Waals surface area contributed by atoms with E-state index in [1.165, 1.54) is 46.0 Å². The van der Waals surface area contributed by atoms with Gasteiger partial charge in [-0.15, -0.1) is 0 Å². The number of rotatable bonds is 7. The third kappa shape index (κ3) is 8.13. The molecular formula is C26H33F3N4O7S2. The summed E-state index contributed by atoms with van der Waals surface area (Å²) in [6.45, 7) is 5.41. The summed E-state index contributed by atoms with van der Waals surface area (Å²) in [5, 5.41) is 0. The molecule has 1 fully saturated rings. The molecule has 1 aliphatic heterocycles. The standard InChI is InChI=1S/C26H33F3N4O7S2/c1-25(2,3)40-24(35)33-16-14-32(15-17-33)23(34)31(4)13-12-30-42(38,39)22-18-20(10-11-21(22)26(27,28)29)41(36,37)19-8-6-5-7-9-19/h5-11,18,30H,12-17H2,1-4H3. The number of nitrogens with one attached hydrogen (secondary N) is 1. The van der Waals surface area contributed by atoms with Gasteiger partial charge in [-0.25, -0.2) is 31.1 Å². The largest absolute Gasteiger partial charge is 0.444 e. The van der Waals surface area contributed by atoms with Gasteiger partial charge < -0.3 is 19.4 Å². The average molecular weight is 635 g/mol. The van der Waals surface area contributed by atoms with Gasteiger partial charge in [0.15, 0.2) is 0 Å². The summed E-state index contributed by atoms with van der Waals surface area (Å²) in [5.74, 6) is 0. The van der Waals surface area contributed by atoms with Crippen molar-refractivity contribution in [2.75, 3.05) is 46.3 Å². The average Bonchev–Trinajstić information content (AvgIpc) is 2.91. The quantitative estimate of drug-likeness (QED) is 0.494. The Balaban J connectivity index is 1.68. The number of nitrogens with zero attached hydrogens (tertiary/aromatic N) is 3. The number of carbonyl (C=O) groups is 2. The Hall–Kier alpha value is -3.37. The first-order chi connectivity index (χ1) is 19.3. The number of ether oxygens (including phenoxy) is 1. The van der Waals surface area contributed by atoms with Crippen molar-refractivity contribution < 1.29 is 44.3 Å². The predicted octanol–water partition coefficient (Wildman–Crippen LogP) is 3.42. The fourth-order valence-electron chi connectivity index (χ4n) is 4.03. The minimum atomic E-state index is -5.09. The predicted molar refractivity (Wildman–Crippen MR) is 146 cm³/mol. The van der Waals surface area contributed by atoms with Crippen LogP contribution in [-0.2, 0) is 30.8 Å². The Morgan fingerprint density at radius 1 is 0.905 bits per heavy atom. The van der Waals surface area contributed by atoms with Crippen LogP contribution in [0, 0.1) is 0 Å². The molecule has 3 amide bonds. The zero-order valence-corrected chi connectivity index (χ0v) is 25.1. The number of sulfone groups is 1. The van der Waals surface area contributed by atoms with Crippen LogP contribution >= 0.6 is 0 Å². The van der Waals surface area contributed by atoms with Crippen LogP contribution in [0.5, 0.6) is 0 Å². The van der Waals surface area contributed by atoms with Crippen LogP contribution in [-0.4, -0.2) is 95.6 Å². The molecule has 0 aromatic heterocycles. The number of carbonyl (C=O) groups excluding carboxylic acids is 2. The van der Waals surface area contributed by atoms with Crippen molar-refractivity contribution in [1.82, 2.24) is 19.4 Å². The van der Waals surface area contributed by atoms with Gasteiger partial charge in [-0.3, -0.25) is 0 Å². The zero-order chi connectivity index (χ0) is 31.5. The summed E-state index contributed by atoms with van der Waals surface area (Å²) < 4.78 is 100. The number of piperazine rings is 1. The van der Waals surface area contributed by atoms with E-state index in [1.54, 1.807) is 26.8 Å². The number of hydrogen-bond donors (Lipinski definition) is 1. The number of halogens is 3. The highest BCUT2D eigenvalue weighted by Gasteiger charge is 2.38. The van der Waals surface area contributed by atoms with Crippen molar-refractivity contribution in [3.8, 4) is 0 Å². The number of urea groups is 1. The molecule has 1 N–H and O–H groups in total. The Morgan fingerprint density at radius 2 is 1.48 bits per heavy atom. The molecule has 1 heterocycles. The summed E-state index contributed by atoms with van der Waals surface area (Å²) >= 11 is 0. The first kappa shape index (κ1) is 33.1.